The van der Waals surface area contributed by atoms with Crippen molar-refractivity contribution in [3.63, 3.8) is 0 Å². The van der Waals surface area contributed by atoms with E-state index < -0.39 is 11.7 Å². The van der Waals surface area contributed by atoms with E-state index in [1.165, 1.54) is 18.2 Å². The van der Waals surface area contributed by atoms with Crippen LogP contribution in [-0.2, 0) is 6.42 Å². The van der Waals surface area contributed by atoms with Gasteiger partial charge in [0.05, 0.1) is 11.6 Å². The zero-order chi connectivity index (χ0) is 15.0. The molecule has 0 saturated heterocycles. The molecular formula is C16H14ClFN2O. The summed E-state index contributed by atoms with van der Waals surface area (Å²) in [7, 11) is 0. The average molecular weight is 305 g/mol. The first kappa shape index (κ1) is 13.9. The predicted octanol–water partition coefficient (Wildman–Crippen LogP) is 3.48. The number of fused-ring (bicyclic) bond motifs is 1. The topological polar surface area (TPSA) is 55.1 Å². The number of anilines is 1. The Hall–Kier alpha value is -2.07. The van der Waals surface area contributed by atoms with Crippen molar-refractivity contribution >= 4 is 23.2 Å². The highest BCUT2D eigenvalue weighted by Crippen LogP contribution is 2.32. The minimum atomic E-state index is -0.576. The Morgan fingerprint density at radius 1 is 1.29 bits per heavy atom. The van der Waals surface area contributed by atoms with E-state index in [0.717, 1.165) is 24.0 Å². The van der Waals surface area contributed by atoms with Crippen molar-refractivity contribution in [3.8, 4) is 0 Å². The van der Waals surface area contributed by atoms with E-state index in [4.69, 9.17) is 17.3 Å². The van der Waals surface area contributed by atoms with E-state index >= 15 is 0 Å². The van der Waals surface area contributed by atoms with Crippen LogP contribution >= 0.6 is 11.6 Å². The molecule has 0 bridgehead atoms. The first-order valence-corrected chi connectivity index (χ1v) is 7.06. The van der Waals surface area contributed by atoms with Crippen LogP contribution in [0.2, 0.25) is 5.02 Å². The number of nitrogens with one attached hydrogen (secondary N) is 1. The number of halogens is 2. The lowest BCUT2D eigenvalue weighted by Gasteiger charge is -2.15. The third-order valence-electron chi connectivity index (χ3n) is 3.72. The Labute approximate surface area is 126 Å². The van der Waals surface area contributed by atoms with Crippen LogP contribution in [0.5, 0.6) is 0 Å². The van der Waals surface area contributed by atoms with E-state index in [1.54, 1.807) is 0 Å². The quantitative estimate of drug-likeness (QED) is 0.835. The largest absolute Gasteiger partial charge is 0.399 e. The van der Waals surface area contributed by atoms with Crippen molar-refractivity contribution in [2.24, 2.45) is 0 Å². The zero-order valence-electron chi connectivity index (χ0n) is 11.2. The molecule has 0 heterocycles. The summed E-state index contributed by atoms with van der Waals surface area (Å²) in [5.41, 5.74) is 8.60. The summed E-state index contributed by atoms with van der Waals surface area (Å²) in [5.74, 6) is -1.03. The molecular weight excluding hydrogens is 291 g/mol. The molecule has 0 aromatic heterocycles. The van der Waals surface area contributed by atoms with Crippen LogP contribution in [0.1, 0.15) is 33.9 Å². The molecule has 0 radical (unpaired) electrons. The Kier molecular flexibility index (Phi) is 3.55. The Balaban J connectivity index is 1.82. The summed E-state index contributed by atoms with van der Waals surface area (Å²) in [6, 6.07) is 9.47. The van der Waals surface area contributed by atoms with Gasteiger partial charge in [-0.2, -0.15) is 0 Å². The lowest BCUT2D eigenvalue weighted by atomic mass is 10.1. The summed E-state index contributed by atoms with van der Waals surface area (Å²) in [6.45, 7) is 0. The number of nitrogen functional groups attached to an aromatic ring is 1. The van der Waals surface area contributed by atoms with Crippen molar-refractivity contribution < 1.29 is 9.18 Å². The van der Waals surface area contributed by atoms with Gasteiger partial charge in [-0.1, -0.05) is 17.7 Å². The smallest absolute Gasteiger partial charge is 0.254 e. The predicted molar refractivity (Wildman–Crippen MR) is 80.8 cm³/mol. The second-order valence-electron chi connectivity index (χ2n) is 5.15. The third kappa shape index (κ3) is 2.72. The fourth-order valence-electron chi connectivity index (χ4n) is 2.69. The van der Waals surface area contributed by atoms with Crippen molar-refractivity contribution in [2.45, 2.75) is 18.9 Å². The van der Waals surface area contributed by atoms with Crippen LogP contribution in [0.25, 0.3) is 0 Å². The van der Waals surface area contributed by atoms with Gasteiger partial charge in [0.2, 0.25) is 0 Å². The fraction of sp³-hybridized carbons (Fsp3) is 0.188. The molecule has 5 heteroatoms. The maximum Gasteiger partial charge on any atom is 0.254 e. The van der Waals surface area contributed by atoms with Gasteiger partial charge in [0, 0.05) is 10.7 Å². The van der Waals surface area contributed by atoms with Crippen molar-refractivity contribution in [3.05, 3.63) is 63.9 Å². The van der Waals surface area contributed by atoms with Gasteiger partial charge in [-0.3, -0.25) is 4.79 Å². The van der Waals surface area contributed by atoms with Crippen LogP contribution in [0.3, 0.4) is 0 Å². The molecule has 0 saturated carbocycles. The summed E-state index contributed by atoms with van der Waals surface area (Å²) in [5, 5.41) is 3.19. The van der Waals surface area contributed by atoms with Crippen LogP contribution in [0.15, 0.2) is 36.4 Å². The normalized spacial score (nSPS) is 16.6. The van der Waals surface area contributed by atoms with Gasteiger partial charge < -0.3 is 11.1 Å². The second-order valence-corrected chi connectivity index (χ2v) is 5.58. The molecule has 1 atom stereocenters. The molecule has 0 fully saturated rings. The number of hydrogen-bond donors (Lipinski definition) is 2. The van der Waals surface area contributed by atoms with E-state index in [-0.39, 0.29) is 11.6 Å². The Bertz CT molecular complexity index is 717. The lowest BCUT2D eigenvalue weighted by molar-refractivity contribution is 0.0932. The molecule has 3 N–H and O–H groups in total. The zero-order valence-corrected chi connectivity index (χ0v) is 12.0. The van der Waals surface area contributed by atoms with Gasteiger partial charge in [-0.25, -0.2) is 4.39 Å². The number of nitrogens with two attached hydrogens (primary N) is 1. The average Bonchev–Trinajstić information content (AvgIpc) is 2.83. The molecule has 0 spiro atoms. The van der Waals surface area contributed by atoms with Gasteiger partial charge in [0.25, 0.3) is 5.91 Å². The Morgan fingerprint density at radius 3 is 2.90 bits per heavy atom. The highest BCUT2D eigenvalue weighted by atomic mass is 35.5. The van der Waals surface area contributed by atoms with Gasteiger partial charge >= 0.3 is 0 Å². The first-order valence-electron chi connectivity index (χ1n) is 6.69. The molecule has 1 aliphatic rings. The number of hydrogen-bond acceptors (Lipinski definition) is 2. The standard InChI is InChI=1S/C16H14ClFN2O/c17-10-2-5-14(18)13(8-10)16(21)20-15-6-1-9-7-11(19)3-4-12(9)15/h2-5,7-8,15H,1,6,19H2,(H,20,21). The summed E-state index contributed by atoms with van der Waals surface area (Å²) in [4.78, 5) is 12.2. The number of rotatable bonds is 2. The fourth-order valence-corrected chi connectivity index (χ4v) is 2.87. The molecule has 1 unspecified atom stereocenters. The second kappa shape index (κ2) is 5.37. The van der Waals surface area contributed by atoms with E-state index in [1.807, 2.05) is 18.2 Å². The first-order chi connectivity index (χ1) is 10.0. The number of carbonyl (C=O) groups is 1. The summed E-state index contributed by atoms with van der Waals surface area (Å²) in [6.07, 6.45) is 1.63. The summed E-state index contributed by atoms with van der Waals surface area (Å²) < 4.78 is 13.7. The maximum absolute atomic E-state index is 13.7. The van der Waals surface area contributed by atoms with Crippen LogP contribution in [-0.4, -0.2) is 5.91 Å². The monoisotopic (exact) mass is 304 g/mol. The van der Waals surface area contributed by atoms with Gasteiger partial charge in [0.1, 0.15) is 5.82 Å². The van der Waals surface area contributed by atoms with Crippen molar-refractivity contribution in [1.82, 2.24) is 5.32 Å². The molecule has 3 rings (SSSR count). The lowest BCUT2D eigenvalue weighted by Crippen LogP contribution is -2.27. The van der Waals surface area contributed by atoms with E-state index in [9.17, 15) is 9.18 Å². The summed E-state index contributed by atoms with van der Waals surface area (Å²) >= 11 is 5.82. The van der Waals surface area contributed by atoms with Crippen molar-refractivity contribution in [1.29, 1.82) is 0 Å². The molecule has 2 aromatic carbocycles. The van der Waals surface area contributed by atoms with E-state index in [0.29, 0.717) is 10.7 Å². The van der Waals surface area contributed by atoms with E-state index in [2.05, 4.69) is 5.32 Å². The highest BCUT2D eigenvalue weighted by Gasteiger charge is 2.25. The van der Waals surface area contributed by atoms with Crippen LogP contribution in [0.4, 0.5) is 10.1 Å². The van der Waals surface area contributed by atoms with Crippen LogP contribution in [0, 0.1) is 5.82 Å². The van der Waals surface area contributed by atoms with Gasteiger partial charge in [-0.15, -0.1) is 0 Å². The molecule has 3 nitrogen and oxygen atoms in total. The number of carbonyl (C=O) groups excluding carboxylic acids is 1. The maximum atomic E-state index is 13.7. The molecule has 21 heavy (non-hydrogen) atoms. The number of benzene rings is 2. The Morgan fingerprint density at radius 2 is 2.10 bits per heavy atom. The number of aryl methyl sites for hydroxylation is 1. The SMILES string of the molecule is Nc1ccc2c(c1)CCC2NC(=O)c1cc(Cl)ccc1F. The highest BCUT2D eigenvalue weighted by molar-refractivity contribution is 6.31. The van der Waals surface area contributed by atoms with Crippen LogP contribution < -0.4 is 11.1 Å². The molecule has 108 valence electrons. The molecule has 1 aliphatic carbocycles. The minimum absolute atomic E-state index is 0.0357. The molecule has 1 amide bonds. The molecule has 2 aromatic rings. The minimum Gasteiger partial charge on any atom is -0.399 e. The van der Waals surface area contributed by atoms with Gasteiger partial charge in [0.15, 0.2) is 0 Å². The van der Waals surface area contributed by atoms with Crippen molar-refractivity contribution in [2.75, 3.05) is 5.73 Å². The third-order valence-corrected chi connectivity index (χ3v) is 3.96. The molecule has 0 aliphatic heterocycles. The number of amides is 1. The van der Waals surface area contributed by atoms with Gasteiger partial charge in [-0.05, 0) is 54.3 Å².